The van der Waals surface area contributed by atoms with Crippen LogP contribution in [0, 0.1) is 0 Å². The highest BCUT2D eigenvalue weighted by Crippen LogP contribution is 2.14. The summed E-state index contributed by atoms with van der Waals surface area (Å²) in [5, 5.41) is 8.16. The van der Waals surface area contributed by atoms with Crippen LogP contribution in [0.5, 0.6) is 0 Å². The number of nitrogens with zero attached hydrogens (tertiary/aromatic N) is 1. The van der Waals surface area contributed by atoms with E-state index in [9.17, 15) is 4.79 Å². The summed E-state index contributed by atoms with van der Waals surface area (Å²) in [4.78, 5) is 9.91. The summed E-state index contributed by atoms with van der Waals surface area (Å²) in [6.45, 7) is 0.0909. The van der Waals surface area contributed by atoms with Crippen LogP contribution in [0.15, 0.2) is 0 Å². The van der Waals surface area contributed by atoms with Gasteiger partial charge in [-0.05, 0) is 16.2 Å². The SMILES string of the molecule is CN(CC(=O)O)SI. The van der Waals surface area contributed by atoms with Gasteiger partial charge in [-0.1, -0.05) is 0 Å². The zero-order chi connectivity index (χ0) is 6.57. The normalized spacial score (nSPS) is 9.88. The number of aliphatic carboxylic acids is 1. The molecule has 0 aliphatic heterocycles. The fraction of sp³-hybridized carbons (Fsp3) is 0.667. The molecule has 0 aliphatic carbocycles. The summed E-state index contributed by atoms with van der Waals surface area (Å²) >= 11 is 2.03. The number of carboxylic acid groups (broad SMARTS) is 1. The van der Waals surface area contributed by atoms with E-state index in [1.54, 1.807) is 11.4 Å². The molecule has 48 valence electrons. The van der Waals surface area contributed by atoms with Gasteiger partial charge in [-0.2, -0.15) is 0 Å². The predicted octanol–water partition coefficient (Wildman–Crippen LogP) is 1.00. The first-order chi connectivity index (χ1) is 3.66. The predicted molar refractivity (Wildman–Crippen MR) is 41.9 cm³/mol. The third-order valence-electron chi connectivity index (χ3n) is 0.476. The molecule has 0 saturated heterocycles. The van der Waals surface area contributed by atoms with Crippen LogP contribution in [-0.4, -0.2) is 29.0 Å². The van der Waals surface area contributed by atoms with E-state index in [1.807, 2.05) is 21.2 Å². The second-order valence-corrected chi connectivity index (χ2v) is 3.19. The second-order valence-electron chi connectivity index (χ2n) is 1.25. The van der Waals surface area contributed by atoms with Crippen LogP contribution < -0.4 is 0 Å². The minimum absolute atomic E-state index is 0.0909. The number of carboxylic acids is 1. The molecule has 3 nitrogen and oxygen atoms in total. The lowest BCUT2D eigenvalue weighted by molar-refractivity contribution is -0.136. The van der Waals surface area contributed by atoms with Crippen molar-refractivity contribution in [3.05, 3.63) is 0 Å². The smallest absolute Gasteiger partial charge is 0.318 e. The maximum atomic E-state index is 9.91. The molecule has 0 spiro atoms. The first kappa shape index (κ1) is 8.51. The van der Waals surface area contributed by atoms with E-state index in [-0.39, 0.29) is 6.54 Å². The highest BCUT2D eigenvalue weighted by atomic mass is 127. The lowest BCUT2D eigenvalue weighted by Crippen LogP contribution is -2.17. The van der Waals surface area contributed by atoms with Crippen LogP contribution in [0.2, 0.25) is 0 Å². The van der Waals surface area contributed by atoms with Gasteiger partial charge in [0, 0.05) is 21.2 Å². The van der Waals surface area contributed by atoms with E-state index in [0.717, 1.165) is 0 Å². The molecule has 0 unspecified atom stereocenters. The van der Waals surface area contributed by atoms with Crippen molar-refractivity contribution in [3.63, 3.8) is 0 Å². The van der Waals surface area contributed by atoms with E-state index < -0.39 is 5.97 Å². The van der Waals surface area contributed by atoms with Crippen LogP contribution in [-0.2, 0) is 4.79 Å². The summed E-state index contributed by atoms with van der Waals surface area (Å²) in [5.41, 5.74) is 0. The van der Waals surface area contributed by atoms with Gasteiger partial charge >= 0.3 is 5.97 Å². The highest BCUT2D eigenvalue weighted by Gasteiger charge is 2.00. The Bertz CT molecular complexity index is 89.4. The Morgan fingerprint density at radius 2 is 2.50 bits per heavy atom. The fourth-order valence-electron chi connectivity index (χ4n) is 0.215. The number of hydrogen-bond donors (Lipinski definition) is 1. The van der Waals surface area contributed by atoms with Gasteiger partial charge in [-0.15, -0.1) is 0 Å². The first-order valence-electron chi connectivity index (χ1n) is 1.88. The van der Waals surface area contributed by atoms with Crippen LogP contribution in [0.25, 0.3) is 0 Å². The van der Waals surface area contributed by atoms with Gasteiger partial charge in [0.25, 0.3) is 0 Å². The summed E-state index contributed by atoms with van der Waals surface area (Å²) in [5.74, 6) is -0.795. The van der Waals surface area contributed by atoms with Gasteiger partial charge in [0.15, 0.2) is 0 Å². The molecule has 0 fully saturated rings. The van der Waals surface area contributed by atoms with Crippen LogP contribution in [0.4, 0.5) is 0 Å². The van der Waals surface area contributed by atoms with Gasteiger partial charge in [-0.3, -0.25) is 4.79 Å². The molecule has 0 saturated carbocycles. The average molecular weight is 247 g/mol. The molecule has 0 atom stereocenters. The molecule has 0 aromatic carbocycles. The number of rotatable bonds is 3. The maximum absolute atomic E-state index is 9.91. The van der Waals surface area contributed by atoms with Crippen molar-refractivity contribution in [1.29, 1.82) is 0 Å². The van der Waals surface area contributed by atoms with Gasteiger partial charge in [-0.25, -0.2) is 4.31 Å². The minimum Gasteiger partial charge on any atom is -0.480 e. The summed E-state index contributed by atoms with van der Waals surface area (Å²) in [6, 6.07) is 0. The van der Waals surface area contributed by atoms with Crippen molar-refractivity contribution in [3.8, 4) is 0 Å². The van der Waals surface area contributed by atoms with Gasteiger partial charge in [0.05, 0.1) is 0 Å². The molecule has 0 aromatic rings. The first-order valence-corrected chi connectivity index (χ1v) is 5.20. The Morgan fingerprint density at radius 1 is 2.00 bits per heavy atom. The molecule has 5 heteroatoms. The Morgan fingerprint density at radius 3 is 2.62 bits per heavy atom. The zero-order valence-corrected chi connectivity index (χ0v) is 7.27. The Balaban J connectivity index is 3.24. The summed E-state index contributed by atoms with van der Waals surface area (Å²) in [6.07, 6.45) is 0. The maximum Gasteiger partial charge on any atom is 0.318 e. The molecule has 1 N–H and O–H groups in total. The molecule has 0 heterocycles. The molecule has 0 aliphatic rings. The monoisotopic (exact) mass is 247 g/mol. The lowest BCUT2D eigenvalue weighted by atomic mass is 10.7. The minimum atomic E-state index is -0.795. The molecule has 8 heavy (non-hydrogen) atoms. The van der Waals surface area contributed by atoms with Crippen LogP contribution in [0.1, 0.15) is 0 Å². The molecular formula is C3H6INO2S. The van der Waals surface area contributed by atoms with E-state index >= 15 is 0 Å². The molecule has 0 amide bonds. The van der Waals surface area contributed by atoms with Crippen molar-refractivity contribution in [1.82, 2.24) is 4.31 Å². The van der Waals surface area contributed by atoms with Crippen molar-refractivity contribution >= 4 is 36.3 Å². The number of hydrogen-bond acceptors (Lipinski definition) is 3. The second kappa shape index (κ2) is 4.39. The number of halogens is 1. The van der Waals surface area contributed by atoms with E-state index in [4.69, 9.17) is 5.11 Å². The molecule has 0 bridgehead atoms. The number of likely N-dealkylation sites (N-methyl/N-ethyl adjacent to an activating group) is 1. The highest BCUT2D eigenvalue weighted by molar-refractivity contribution is 14.2. The lowest BCUT2D eigenvalue weighted by Gasteiger charge is -2.05. The van der Waals surface area contributed by atoms with Crippen molar-refractivity contribution in [2.24, 2.45) is 0 Å². The molecule has 0 radical (unpaired) electrons. The van der Waals surface area contributed by atoms with Crippen molar-refractivity contribution in [2.75, 3.05) is 13.6 Å². The van der Waals surface area contributed by atoms with Crippen LogP contribution in [0.3, 0.4) is 0 Å². The Hall–Kier alpha value is 0.510. The van der Waals surface area contributed by atoms with Crippen molar-refractivity contribution < 1.29 is 9.90 Å². The summed E-state index contributed by atoms with van der Waals surface area (Å²) in [7, 11) is 3.10. The molecular weight excluding hydrogens is 241 g/mol. The Kier molecular flexibility index (Phi) is 4.68. The third kappa shape index (κ3) is 4.66. The van der Waals surface area contributed by atoms with Gasteiger partial charge in [0.1, 0.15) is 6.54 Å². The van der Waals surface area contributed by atoms with Crippen LogP contribution >= 0.6 is 30.3 Å². The largest absolute Gasteiger partial charge is 0.480 e. The Labute approximate surface area is 64.2 Å². The molecule has 0 rings (SSSR count). The molecule has 0 aromatic heterocycles. The standard InChI is InChI=1S/C3H6INO2S/c1-5(8-4)2-3(6)7/h2H2,1H3,(H,6,7). The topological polar surface area (TPSA) is 40.5 Å². The van der Waals surface area contributed by atoms with E-state index in [1.165, 1.54) is 9.12 Å². The quantitative estimate of drug-likeness (QED) is 0.596. The third-order valence-corrected chi connectivity index (χ3v) is 2.86. The average Bonchev–Trinajstić information content (AvgIpc) is 1.65. The summed E-state index contributed by atoms with van der Waals surface area (Å²) < 4.78 is 1.63. The number of carbonyl (C=O) groups is 1. The zero-order valence-electron chi connectivity index (χ0n) is 4.30. The van der Waals surface area contributed by atoms with E-state index in [0.29, 0.717) is 0 Å². The fourth-order valence-corrected chi connectivity index (χ4v) is 0.792. The van der Waals surface area contributed by atoms with Gasteiger partial charge in [0.2, 0.25) is 0 Å². The van der Waals surface area contributed by atoms with Crippen molar-refractivity contribution in [2.45, 2.75) is 0 Å². The van der Waals surface area contributed by atoms with Gasteiger partial charge < -0.3 is 5.11 Å². The van der Waals surface area contributed by atoms with E-state index in [2.05, 4.69) is 0 Å².